The Hall–Kier alpha value is -0.940. The van der Waals surface area contributed by atoms with Crippen LogP contribution >= 0.6 is 0 Å². The number of amides is 1. The Bertz CT molecular complexity index is 314. The summed E-state index contributed by atoms with van der Waals surface area (Å²) >= 11 is 0. The minimum Gasteiger partial charge on any atom is -0.347 e. The Morgan fingerprint density at radius 2 is 2.06 bits per heavy atom. The summed E-state index contributed by atoms with van der Waals surface area (Å²) in [5, 5.41) is 0. The van der Waals surface area contributed by atoms with Crippen LogP contribution in [0, 0.1) is 0 Å². The lowest BCUT2D eigenvalue weighted by Crippen LogP contribution is -2.47. The van der Waals surface area contributed by atoms with Crippen LogP contribution in [0.25, 0.3) is 0 Å². The average molecular weight is 257 g/mol. The topological polar surface area (TPSA) is 55.8 Å². The van der Waals surface area contributed by atoms with Gasteiger partial charge in [0, 0.05) is 19.5 Å². The number of hydrogen-bond acceptors (Lipinski definition) is 4. The minimum atomic E-state index is -0.814. The third kappa shape index (κ3) is 4.07. The van der Waals surface area contributed by atoms with Crippen LogP contribution < -0.4 is 0 Å². The lowest BCUT2D eigenvalue weighted by molar-refractivity contribution is -0.290. The zero-order valence-electron chi connectivity index (χ0n) is 11.8. The van der Waals surface area contributed by atoms with E-state index in [1.807, 2.05) is 13.8 Å². The van der Waals surface area contributed by atoms with Gasteiger partial charge in [-0.25, -0.2) is 0 Å². The molecule has 1 aliphatic heterocycles. The number of nitrogens with zero attached hydrogens (tertiary/aromatic N) is 1. The highest BCUT2D eigenvalue weighted by atomic mass is 16.7. The molecule has 0 radical (unpaired) electrons. The summed E-state index contributed by atoms with van der Waals surface area (Å²) in [6.45, 7) is 7.43. The number of aldehydes is 1. The van der Waals surface area contributed by atoms with Crippen LogP contribution in [-0.2, 0) is 19.1 Å². The van der Waals surface area contributed by atoms with E-state index in [1.54, 1.807) is 25.8 Å². The second-order valence-electron chi connectivity index (χ2n) is 5.47. The molecule has 18 heavy (non-hydrogen) atoms. The third-order valence-corrected chi connectivity index (χ3v) is 3.10. The van der Waals surface area contributed by atoms with E-state index in [2.05, 4.69) is 0 Å². The Kier molecular flexibility index (Phi) is 4.87. The van der Waals surface area contributed by atoms with E-state index in [9.17, 15) is 9.59 Å². The fraction of sp³-hybridized carbons (Fsp3) is 0.846. The summed E-state index contributed by atoms with van der Waals surface area (Å²) in [4.78, 5) is 24.5. The molecule has 5 nitrogen and oxygen atoms in total. The normalized spacial score (nSPS) is 27.0. The first-order chi connectivity index (χ1) is 8.25. The zero-order chi connectivity index (χ0) is 13.9. The maximum atomic E-state index is 12.0. The van der Waals surface area contributed by atoms with Crippen molar-refractivity contribution in [3.8, 4) is 0 Å². The first-order valence-electron chi connectivity index (χ1n) is 6.31. The van der Waals surface area contributed by atoms with Crippen LogP contribution in [0.3, 0.4) is 0 Å². The van der Waals surface area contributed by atoms with Gasteiger partial charge >= 0.3 is 0 Å². The highest BCUT2D eigenvalue weighted by Crippen LogP contribution is 2.27. The van der Waals surface area contributed by atoms with Crippen molar-refractivity contribution in [3.63, 3.8) is 0 Å². The van der Waals surface area contributed by atoms with Gasteiger partial charge in [-0.2, -0.15) is 0 Å². The molecule has 0 spiro atoms. The van der Waals surface area contributed by atoms with Gasteiger partial charge in [0.15, 0.2) is 5.79 Å². The molecule has 0 aromatic heterocycles. The van der Waals surface area contributed by atoms with Gasteiger partial charge in [0.2, 0.25) is 5.91 Å². The molecule has 1 aliphatic rings. The van der Waals surface area contributed by atoms with Crippen molar-refractivity contribution >= 4 is 12.2 Å². The molecular weight excluding hydrogens is 234 g/mol. The predicted molar refractivity (Wildman–Crippen MR) is 67.0 cm³/mol. The summed E-state index contributed by atoms with van der Waals surface area (Å²) in [6.07, 6.45) is 0.734. The lowest BCUT2D eigenvalue weighted by atomic mass is 10.1. The Labute approximate surface area is 108 Å². The summed E-state index contributed by atoms with van der Waals surface area (Å²) in [7, 11) is 1.77. The molecule has 0 unspecified atom stereocenters. The molecule has 0 saturated carbocycles. The molecule has 2 atom stereocenters. The van der Waals surface area contributed by atoms with Crippen molar-refractivity contribution in [3.05, 3.63) is 0 Å². The lowest BCUT2D eigenvalue weighted by Gasteiger charge is -2.39. The Morgan fingerprint density at radius 1 is 1.44 bits per heavy atom. The Morgan fingerprint density at radius 3 is 2.56 bits per heavy atom. The highest BCUT2D eigenvalue weighted by molar-refractivity contribution is 5.76. The van der Waals surface area contributed by atoms with Gasteiger partial charge in [-0.05, 0) is 27.7 Å². The van der Waals surface area contributed by atoms with Gasteiger partial charge in [-0.15, -0.1) is 0 Å². The minimum absolute atomic E-state index is 0.0253. The van der Waals surface area contributed by atoms with Crippen molar-refractivity contribution in [1.29, 1.82) is 0 Å². The van der Waals surface area contributed by atoms with E-state index in [1.165, 1.54) is 0 Å². The monoisotopic (exact) mass is 257 g/mol. The van der Waals surface area contributed by atoms with Gasteiger partial charge in [0.25, 0.3) is 0 Å². The third-order valence-electron chi connectivity index (χ3n) is 3.10. The van der Waals surface area contributed by atoms with Crippen LogP contribution in [0.5, 0.6) is 0 Å². The van der Waals surface area contributed by atoms with E-state index >= 15 is 0 Å². The molecule has 1 rings (SSSR count). The molecule has 1 fully saturated rings. The van der Waals surface area contributed by atoms with Crippen LogP contribution in [0.15, 0.2) is 0 Å². The Balaban J connectivity index is 2.61. The van der Waals surface area contributed by atoms with Gasteiger partial charge in [-0.3, -0.25) is 4.79 Å². The summed E-state index contributed by atoms with van der Waals surface area (Å²) in [5.41, 5.74) is 0. The molecule has 5 heteroatoms. The van der Waals surface area contributed by atoms with Crippen molar-refractivity contribution in [2.75, 3.05) is 7.05 Å². The van der Waals surface area contributed by atoms with Crippen molar-refractivity contribution in [2.45, 2.75) is 64.6 Å². The van der Waals surface area contributed by atoms with E-state index in [0.29, 0.717) is 6.42 Å². The fourth-order valence-electron chi connectivity index (χ4n) is 1.98. The molecule has 0 aromatic carbocycles. The van der Waals surface area contributed by atoms with Gasteiger partial charge in [0.1, 0.15) is 12.4 Å². The van der Waals surface area contributed by atoms with Crippen LogP contribution in [0.1, 0.15) is 40.5 Å². The van der Waals surface area contributed by atoms with Crippen LogP contribution in [0.2, 0.25) is 0 Å². The second kappa shape index (κ2) is 5.80. The maximum Gasteiger partial charge on any atom is 0.225 e. The van der Waals surface area contributed by atoms with Crippen LogP contribution in [0.4, 0.5) is 0 Å². The largest absolute Gasteiger partial charge is 0.347 e. The molecule has 1 saturated heterocycles. The van der Waals surface area contributed by atoms with Crippen LogP contribution in [-0.4, -0.2) is 48.2 Å². The van der Waals surface area contributed by atoms with E-state index in [-0.39, 0.29) is 24.5 Å². The van der Waals surface area contributed by atoms with Gasteiger partial charge in [0.05, 0.1) is 12.5 Å². The highest BCUT2D eigenvalue weighted by Gasteiger charge is 2.36. The molecule has 0 N–H and O–H groups in total. The second-order valence-corrected chi connectivity index (χ2v) is 5.47. The summed E-state index contributed by atoms with van der Waals surface area (Å²) < 4.78 is 11.1. The van der Waals surface area contributed by atoms with Gasteiger partial charge in [-0.1, -0.05) is 0 Å². The average Bonchev–Trinajstić information content (AvgIpc) is 2.25. The SMILES string of the molecule is CC(C)N(C)C(=O)C[C@H]1C[C@@H](C=O)OC(C)(C)O1. The van der Waals surface area contributed by atoms with E-state index in [0.717, 1.165) is 6.29 Å². The predicted octanol–water partition coefficient (Wildman–Crippen LogP) is 1.35. The molecular formula is C13H23NO4. The van der Waals surface area contributed by atoms with Crippen molar-refractivity contribution in [1.82, 2.24) is 4.90 Å². The smallest absolute Gasteiger partial charge is 0.225 e. The first kappa shape index (κ1) is 15.1. The van der Waals surface area contributed by atoms with Gasteiger partial charge < -0.3 is 19.2 Å². The standard InChI is InChI=1S/C13H23NO4/c1-9(2)14(5)12(16)7-10-6-11(8-15)18-13(3,4)17-10/h8-11H,6-7H2,1-5H3/t10-,11+/m1/s1. The fourth-order valence-corrected chi connectivity index (χ4v) is 1.98. The zero-order valence-corrected chi connectivity index (χ0v) is 11.8. The molecule has 0 bridgehead atoms. The molecule has 104 valence electrons. The number of carbonyl (C=O) groups excluding carboxylic acids is 2. The van der Waals surface area contributed by atoms with Crippen molar-refractivity contribution < 1.29 is 19.1 Å². The quantitative estimate of drug-likeness (QED) is 0.713. The number of carbonyl (C=O) groups is 2. The number of ether oxygens (including phenoxy) is 2. The first-order valence-corrected chi connectivity index (χ1v) is 6.31. The maximum absolute atomic E-state index is 12.0. The molecule has 0 aromatic rings. The van der Waals surface area contributed by atoms with Crippen molar-refractivity contribution in [2.24, 2.45) is 0 Å². The molecule has 1 amide bonds. The van der Waals surface area contributed by atoms with E-state index < -0.39 is 11.9 Å². The molecule has 0 aliphatic carbocycles. The summed E-state index contributed by atoms with van der Waals surface area (Å²) in [6, 6.07) is 0.159. The molecule has 1 heterocycles. The van der Waals surface area contributed by atoms with E-state index in [4.69, 9.17) is 9.47 Å². The number of hydrogen-bond donors (Lipinski definition) is 0. The number of rotatable bonds is 4. The summed E-state index contributed by atoms with van der Waals surface area (Å²) in [5.74, 6) is -0.789.